The van der Waals surface area contributed by atoms with Gasteiger partial charge in [0.05, 0.1) is 5.52 Å². The van der Waals surface area contributed by atoms with Crippen molar-refractivity contribution < 1.29 is 0 Å². The first-order chi connectivity index (χ1) is 15.4. The van der Waals surface area contributed by atoms with Crippen molar-refractivity contribution in [2.75, 3.05) is 0 Å². The lowest BCUT2D eigenvalue weighted by molar-refractivity contribution is 1.16. The highest BCUT2D eigenvalue weighted by Gasteiger charge is 2.29. The summed E-state index contributed by atoms with van der Waals surface area (Å²) in [5.41, 5.74) is 13.6. The van der Waals surface area contributed by atoms with Crippen LogP contribution in [0.1, 0.15) is 22.3 Å². The fraction of sp³-hybridized carbons (Fsp3) is 0.0714. The molecular weight excluding hydrogens is 378 g/mol. The number of benzene rings is 3. The van der Waals surface area contributed by atoms with Gasteiger partial charge in [0.15, 0.2) is 0 Å². The quantitative estimate of drug-likeness (QED) is 0.287. The number of imidazole rings is 1. The van der Waals surface area contributed by atoms with Gasteiger partial charge < -0.3 is 0 Å². The van der Waals surface area contributed by atoms with E-state index < -0.39 is 0 Å². The van der Waals surface area contributed by atoms with Crippen molar-refractivity contribution in [3.63, 3.8) is 0 Å². The Morgan fingerprint density at radius 2 is 1.58 bits per heavy atom. The summed E-state index contributed by atoms with van der Waals surface area (Å²) in [7, 11) is 0. The summed E-state index contributed by atoms with van der Waals surface area (Å²) in [4.78, 5) is 9.19. The molecule has 8 rings (SSSR count). The highest BCUT2D eigenvalue weighted by atomic mass is 15.0. The lowest BCUT2D eigenvalue weighted by Gasteiger charge is -2.13. The van der Waals surface area contributed by atoms with Crippen LogP contribution in [0.4, 0.5) is 0 Å². The zero-order chi connectivity index (χ0) is 20.1. The molecule has 0 radical (unpaired) electrons. The highest BCUT2D eigenvalue weighted by molar-refractivity contribution is 6.19. The fourth-order valence-electron chi connectivity index (χ4n) is 5.96. The van der Waals surface area contributed by atoms with Crippen LogP contribution < -0.4 is 0 Å². The van der Waals surface area contributed by atoms with Crippen molar-refractivity contribution in [3.05, 3.63) is 102 Å². The van der Waals surface area contributed by atoms with Gasteiger partial charge in [0.25, 0.3) is 0 Å². The summed E-state index contributed by atoms with van der Waals surface area (Å²) in [5.74, 6) is 0. The molecule has 0 aliphatic heterocycles. The Balaban J connectivity index is 1.51. The average molecular weight is 395 g/mol. The third-order valence-electron chi connectivity index (χ3n) is 7.24. The molecule has 144 valence electrons. The molecule has 0 fully saturated rings. The van der Waals surface area contributed by atoms with Crippen LogP contribution in [-0.4, -0.2) is 14.4 Å². The number of aromatic nitrogens is 3. The van der Waals surface area contributed by atoms with E-state index in [0.717, 1.165) is 24.0 Å². The van der Waals surface area contributed by atoms with Crippen LogP contribution in [0.2, 0.25) is 0 Å². The molecule has 0 bridgehead atoms. The van der Waals surface area contributed by atoms with Crippen LogP contribution >= 0.6 is 0 Å². The Labute approximate surface area is 178 Å². The fourth-order valence-corrected chi connectivity index (χ4v) is 5.96. The van der Waals surface area contributed by atoms with Gasteiger partial charge in [-0.3, -0.25) is 9.38 Å². The monoisotopic (exact) mass is 395 g/mol. The molecular formula is C28H17N3. The van der Waals surface area contributed by atoms with E-state index in [4.69, 9.17) is 4.98 Å². The van der Waals surface area contributed by atoms with Crippen molar-refractivity contribution in [2.45, 2.75) is 12.8 Å². The smallest absolute Gasteiger partial charge is 0.145 e. The van der Waals surface area contributed by atoms with E-state index in [1.165, 1.54) is 60.7 Å². The molecule has 0 saturated carbocycles. The maximum absolute atomic E-state index is 4.71. The van der Waals surface area contributed by atoms with Crippen molar-refractivity contribution in [1.82, 2.24) is 14.4 Å². The molecule has 3 nitrogen and oxygen atoms in total. The van der Waals surface area contributed by atoms with Crippen molar-refractivity contribution in [2.24, 2.45) is 0 Å². The molecule has 0 saturated heterocycles. The summed E-state index contributed by atoms with van der Waals surface area (Å²) in [6.07, 6.45) is 9.85. The molecule has 0 N–H and O–H groups in total. The number of rotatable bonds is 0. The molecule has 0 spiro atoms. The van der Waals surface area contributed by atoms with Crippen molar-refractivity contribution in [3.8, 4) is 22.3 Å². The second-order valence-electron chi connectivity index (χ2n) is 8.66. The molecule has 2 aliphatic carbocycles. The number of pyridine rings is 2. The predicted octanol–water partition coefficient (Wildman–Crippen LogP) is 6.18. The van der Waals surface area contributed by atoms with E-state index in [0.29, 0.717) is 0 Å². The van der Waals surface area contributed by atoms with E-state index >= 15 is 0 Å². The maximum Gasteiger partial charge on any atom is 0.145 e. The minimum absolute atomic E-state index is 0.999. The molecule has 3 aromatic heterocycles. The zero-order valence-electron chi connectivity index (χ0n) is 16.8. The van der Waals surface area contributed by atoms with Crippen LogP contribution in [0, 0.1) is 0 Å². The van der Waals surface area contributed by atoms with Gasteiger partial charge in [-0.15, -0.1) is 0 Å². The second-order valence-corrected chi connectivity index (χ2v) is 8.66. The zero-order valence-corrected chi connectivity index (χ0v) is 16.8. The standard InChI is InChI=1S/C28H17N3/c1-2-4-18-16(3-1)13-22-19(18)7-8-20-23(22)14-17-5-6-21-27(26(17)20)24-15-29-10-9-25(24)31-12-11-30-28(21)31/h1-12,15H,13-14H2. The number of hydrogen-bond acceptors (Lipinski definition) is 2. The van der Waals surface area contributed by atoms with Crippen LogP contribution in [0.5, 0.6) is 0 Å². The molecule has 3 heteroatoms. The van der Waals surface area contributed by atoms with Gasteiger partial charge in [0.1, 0.15) is 5.65 Å². The lowest BCUT2D eigenvalue weighted by atomic mass is 9.93. The van der Waals surface area contributed by atoms with Crippen molar-refractivity contribution in [1.29, 1.82) is 0 Å². The normalized spacial score (nSPS) is 13.5. The second kappa shape index (κ2) is 5.38. The van der Waals surface area contributed by atoms with Crippen molar-refractivity contribution >= 4 is 27.3 Å². The first kappa shape index (κ1) is 15.8. The van der Waals surface area contributed by atoms with Crippen LogP contribution in [0.25, 0.3) is 49.6 Å². The van der Waals surface area contributed by atoms with E-state index in [-0.39, 0.29) is 0 Å². The van der Waals surface area contributed by atoms with Gasteiger partial charge in [0, 0.05) is 40.9 Å². The van der Waals surface area contributed by atoms with E-state index in [1.807, 2.05) is 24.8 Å². The number of hydrogen-bond donors (Lipinski definition) is 0. The molecule has 2 aliphatic rings. The maximum atomic E-state index is 4.71. The van der Waals surface area contributed by atoms with E-state index in [9.17, 15) is 0 Å². The van der Waals surface area contributed by atoms with E-state index in [2.05, 4.69) is 64.0 Å². The summed E-state index contributed by atoms with van der Waals surface area (Å²) in [5, 5.41) is 3.67. The van der Waals surface area contributed by atoms with Gasteiger partial charge in [-0.25, -0.2) is 4.98 Å². The van der Waals surface area contributed by atoms with Gasteiger partial charge in [-0.05, 0) is 63.4 Å². The predicted molar refractivity (Wildman–Crippen MR) is 124 cm³/mol. The minimum atomic E-state index is 0.999. The summed E-state index contributed by atoms with van der Waals surface area (Å²) in [6.45, 7) is 0. The first-order valence-corrected chi connectivity index (χ1v) is 10.8. The number of fused-ring (bicyclic) bond motifs is 14. The number of nitrogens with zero attached hydrogens (tertiary/aromatic N) is 3. The van der Waals surface area contributed by atoms with Gasteiger partial charge >= 0.3 is 0 Å². The van der Waals surface area contributed by atoms with Crippen LogP contribution in [-0.2, 0) is 12.8 Å². The molecule has 0 amide bonds. The Kier molecular flexibility index (Phi) is 2.74. The minimum Gasteiger partial charge on any atom is -0.299 e. The topological polar surface area (TPSA) is 30.2 Å². The molecule has 3 aromatic carbocycles. The Morgan fingerprint density at radius 3 is 2.58 bits per heavy atom. The van der Waals surface area contributed by atoms with Gasteiger partial charge in [-0.1, -0.05) is 48.5 Å². The molecule has 0 unspecified atom stereocenters. The highest BCUT2D eigenvalue weighted by Crippen LogP contribution is 2.49. The third-order valence-corrected chi connectivity index (χ3v) is 7.24. The summed E-state index contributed by atoms with van der Waals surface area (Å²) in [6, 6.07) is 20.2. The largest absolute Gasteiger partial charge is 0.299 e. The summed E-state index contributed by atoms with van der Waals surface area (Å²) >= 11 is 0. The average Bonchev–Trinajstić information content (AvgIpc) is 3.53. The first-order valence-electron chi connectivity index (χ1n) is 10.8. The van der Waals surface area contributed by atoms with Crippen LogP contribution in [0.15, 0.2) is 79.4 Å². The SMILES string of the molecule is c1ccc2c(c1)Cc1c-2ccc2c1Cc1ccc3c(c1-2)c1cnccc1n1ccnc31. The Morgan fingerprint density at radius 1 is 0.710 bits per heavy atom. The van der Waals surface area contributed by atoms with E-state index in [1.54, 1.807) is 0 Å². The molecule has 3 heterocycles. The Bertz CT molecular complexity index is 1740. The van der Waals surface area contributed by atoms with Gasteiger partial charge in [0.2, 0.25) is 0 Å². The molecule has 6 aromatic rings. The third kappa shape index (κ3) is 1.85. The summed E-state index contributed by atoms with van der Waals surface area (Å²) < 4.78 is 2.18. The molecule has 0 atom stereocenters. The lowest BCUT2D eigenvalue weighted by Crippen LogP contribution is -1.93. The molecule has 31 heavy (non-hydrogen) atoms. The van der Waals surface area contributed by atoms with Gasteiger partial charge in [-0.2, -0.15) is 0 Å². The van der Waals surface area contributed by atoms with Crippen LogP contribution in [0.3, 0.4) is 0 Å². The Hall–Kier alpha value is -3.98.